The summed E-state index contributed by atoms with van der Waals surface area (Å²) in [6.45, 7) is 0. The maximum atomic E-state index is 13.0. The van der Waals surface area contributed by atoms with Gasteiger partial charge in [-0.2, -0.15) is 0 Å². The number of carboxylic acids is 1. The van der Waals surface area contributed by atoms with Crippen LogP contribution in [0.25, 0.3) is 11.4 Å². The second-order valence-corrected chi connectivity index (χ2v) is 5.90. The number of rotatable bonds is 6. The van der Waals surface area contributed by atoms with E-state index in [0.717, 1.165) is 12.1 Å². The second-order valence-electron chi connectivity index (χ2n) is 5.90. The zero-order chi connectivity index (χ0) is 20.3. The Bertz CT molecular complexity index is 1040. The first-order valence-corrected chi connectivity index (χ1v) is 8.11. The molecule has 1 heterocycles. The lowest BCUT2D eigenvalue weighted by molar-refractivity contribution is -0.136. The number of halogens is 1. The van der Waals surface area contributed by atoms with Crippen LogP contribution in [0.5, 0.6) is 0 Å². The van der Waals surface area contributed by atoms with Crippen LogP contribution in [0.15, 0.2) is 48.5 Å². The molecule has 142 valence electrons. The number of nitrogens with two attached hydrogens (primary N) is 1. The average Bonchev–Trinajstić information content (AvgIpc) is 3.06. The summed E-state index contributed by atoms with van der Waals surface area (Å²) in [7, 11) is 0. The maximum absolute atomic E-state index is 13.0. The van der Waals surface area contributed by atoms with Gasteiger partial charge in [-0.3, -0.25) is 14.4 Å². The third-order valence-electron chi connectivity index (χ3n) is 3.86. The molecule has 3 aromatic rings. The predicted molar refractivity (Wildman–Crippen MR) is 98.2 cm³/mol. The number of benzene rings is 2. The summed E-state index contributed by atoms with van der Waals surface area (Å²) >= 11 is 0. The molecule has 0 bridgehead atoms. The number of aromatic amines is 1. The molecule has 0 aliphatic rings. The number of amides is 2. The molecule has 5 N–H and O–H groups in total. The number of imidazole rings is 1. The number of hydrogen-bond acceptors (Lipinski definition) is 4. The molecule has 0 saturated carbocycles. The number of primary amides is 1. The molecular formula is C19H15FN4O4. The predicted octanol–water partition coefficient (Wildman–Crippen LogP) is 2.19. The molecule has 0 atom stereocenters. The molecule has 0 aliphatic heterocycles. The Morgan fingerprint density at radius 3 is 2.29 bits per heavy atom. The van der Waals surface area contributed by atoms with Crippen LogP contribution in [0.2, 0.25) is 0 Å². The highest BCUT2D eigenvalue weighted by atomic mass is 19.1. The number of nitrogens with zero attached hydrogens (tertiary/aromatic N) is 1. The van der Waals surface area contributed by atoms with E-state index in [1.54, 1.807) is 24.3 Å². The van der Waals surface area contributed by atoms with Crippen molar-refractivity contribution in [2.24, 2.45) is 5.73 Å². The number of carbonyl (C=O) groups excluding carboxylic acids is 2. The summed E-state index contributed by atoms with van der Waals surface area (Å²) in [6, 6.07) is 11.4. The minimum absolute atomic E-state index is 0.00596. The number of carbonyl (C=O) groups is 3. The summed E-state index contributed by atoms with van der Waals surface area (Å²) in [5.74, 6) is -2.58. The van der Waals surface area contributed by atoms with Gasteiger partial charge in [0, 0.05) is 11.1 Å². The van der Waals surface area contributed by atoms with Crippen molar-refractivity contribution in [1.29, 1.82) is 0 Å². The Labute approximate surface area is 158 Å². The topological polar surface area (TPSA) is 138 Å². The average molecular weight is 382 g/mol. The molecule has 1 aromatic heterocycles. The fourth-order valence-electron chi connectivity index (χ4n) is 2.52. The molecule has 0 unspecified atom stereocenters. The number of carboxylic acid groups (broad SMARTS) is 1. The number of nitrogens with one attached hydrogen (secondary N) is 2. The summed E-state index contributed by atoms with van der Waals surface area (Å²) < 4.78 is 13.0. The summed E-state index contributed by atoms with van der Waals surface area (Å²) in [4.78, 5) is 41.7. The Morgan fingerprint density at radius 1 is 1.07 bits per heavy atom. The lowest BCUT2D eigenvalue weighted by Crippen LogP contribution is -2.18. The van der Waals surface area contributed by atoms with Crippen LogP contribution >= 0.6 is 0 Å². The van der Waals surface area contributed by atoms with Crippen molar-refractivity contribution in [1.82, 2.24) is 9.97 Å². The number of aliphatic carboxylic acids is 1. The van der Waals surface area contributed by atoms with E-state index in [2.05, 4.69) is 15.3 Å². The van der Waals surface area contributed by atoms with Crippen LogP contribution in [0.3, 0.4) is 0 Å². The van der Waals surface area contributed by atoms with Crippen molar-refractivity contribution < 1.29 is 23.9 Å². The molecule has 3 rings (SSSR count). The van der Waals surface area contributed by atoms with Gasteiger partial charge in [0.25, 0.3) is 11.8 Å². The van der Waals surface area contributed by atoms with Crippen molar-refractivity contribution >= 4 is 23.6 Å². The van der Waals surface area contributed by atoms with Crippen LogP contribution in [0, 0.1) is 5.82 Å². The Hall–Kier alpha value is -4.01. The van der Waals surface area contributed by atoms with Crippen LogP contribution < -0.4 is 11.1 Å². The highest BCUT2D eigenvalue weighted by Crippen LogP contribution is 2.22. The minimum atomic E-state index is -0.951. The van der Waals surface area contributed by atoms with Crippen LogP contribution in [-0.4, -0.2) is 32.9 Å². The Balaban J connectivity index is 1.87. The Kier molecular flexibility index (Phi) is 5.16. The van der Waals surface area contributed by atoms with Gasteiger partial charge >= 0.3 is 5.97 Å². The monoisotopic (exact) mass is 382 g/mol. The molecule has 2 aromatic carbocycles. The number of H-pyrrole nitrogens is 1. The van der Waals surface area contributed by atoms with Crippen molar-refractivity contribution in [3.63, 3.8) is 0 Å². The zero-order valence-electron chi connectivity index (χ0n) is 14.4. The van der Waals surface area contributed by atoms with E-state index in [0.29, 0.717) is 11.1 Å². The van der Waals surface area contributed by atoms with E-state index in [4.69, 9.17) is 10.8 Å². The minimum Gasteiger partial charge on any atom is -0.481 e. The molecule has 0 radical (unpaired) electrons. The standard InChI is InChI=1S/C19H15FN4O4/c20-13-7-5-12(6-8-13)19(28)24-18-15(16(21)27)22-17(23-18)11-3-1-10(2-4-11)9-14(25)26/h1-8H,9H2,(H2,21,27)(H,22,23)(H,24,28)(H,25,26). The van der Waals surface area contributed by atoms with Crippen LogP contribution in [-0.2, 0) is 11.2 Å². The highest BCUT2D eigenvalue weighted by Gasteiger charge is 2.19. The normalized spacial score (nSPS) is 10.5. The van der Waals surface area contributed by atoms with Gasteiger partial charge in [-0.05, 0) is 29.8 Å². The SMILES string of the molecule is NC(=O)c1nc(-c2ccc(CC(=O)O)cc2)[nH]c1NC(=O)c1ccc(F)cc1. The quantitative estimate of drug-likeness (QED) is 0.518. The van der Waals surface area contributed by atoms with E-state index in [1.807, 2.05) is 0 Å². The summed E-state index contributed by atoms with van der Waals surface area (Å²) in [5, 5.41) is 11.3. The third kappa shape index (κ3) is 4.21. The molecule has 9 heteroatoms. The van der Waals surface area contributed by atoms with Crippen LogP contribution in [0.1, 0.15) is 26.4 Å². The summed E-state index contributed by atoms with van der Waals surface area (Å²) in [5.41, 5.74) is 6.52. The van der Waals surface area contributed by atoms with Crippen molar-refractivity contribution in [2.75, 3.05) is 5.32 Å². The summed E-state index contributed by atoms with van der Waals surface area (Å²) in [6.07, 6.45) is -0.121. The van der Waals surface area contributed by atoms with E-state index < -0.39 is 23.6 Å². The Morgan fingerprint density at radius 2 is 1.71 bits per heavy atom. The molecule has 28 heavy (non-hydrogen) atoms. The van der Waals surface area contributed by atoms with Crippen molar-refractivity contribution in [3.8, 4) is 11.4 Å². The molecule has 0 aliphatic carbocycles. The molecule has 2 amide bonds. The van der Waals surface area contributed by atoms with E-state index >= 15 is 0 Å². The zero-order valence-corrected chi connectivity index (χ0v) is 14.4. The third-order valence-corrected chi connectivity index (χ3v) is 3.86. The number of anilines is 1. The lowest BCUT2D eigenvalue weighted by atomic mass is 10.1. The van der Waals surface area contributed by atoms with Gasteiger partial charge in [-0.1, -0.05) is 24.3 Å². The van der Waals surface area contributed by atoms with E-state index in [1.165, 1.54) is 12.1 Å². The molecule has 0 saturated heterocycles. The molecule has 8 nitrogen and oxygen atoms in total. The molecule has 0 spiro atoms. The lowest BCUT2D eigenvalue weighted by Gasteiger charge is -2.04. The largest absolute Gasteiger partial charge is 0.481 e. The van der Waals surface area contributed by atoms with Gasteiger partial charge in [-0.15, -0.1) is 0 Å². The van der Waals surface area contributed by atoms with Gasteiger partial charge in [0.05, 0.1) is 6.42 Å². The van der Waals surface area contributed by atoms with E-state index in [-0.39, 0.29) is 29.3 Å². The van der Waals surface area contributed by atoms with Gasteiger partial charge in [0.1, 0.15) is 17.5 Å². The first-order chi connectivity index (χ1) is 13.3. The number of hydrogen-bond donors (Lipinski definition) is 4. The second kappa shape index (κ2) is 7.70. The molecule has 0 fully saturated rings. The first-order valence-electron chi connectivity index (χ1n) is 8.11. The van der Waals surface area contributed by atoms with Gasteiger partial charge in [-0.25, -0.2) is 9.37 Å². The number of aromatic nitrogens is 2. The highest BCUT2D eigenvalue weighted by molar-refractivity contribution is 6.07. The van der Waals surface area contributed by atoms with E-state index in [9.17, 15) is 18.8 Å². The van der Waals surface area contributed by atoms with Crippen molar-refractivity contribution in [2.45, 2.75) is 6.42 Å². The van der Waals surface area contributed by atoms with Gasteiger partial charge in [0.2, 0.25) is 0 Å². The van der Waals surface area contributed by atoms with Crippen molar-refractivity contribution in [3.05, 3.63) is 71.2 Å². The van der Waals surface area contributed by atoms with Crippen LogP contribution in [0.4, 0.5) is 10.2 Å². The van der Waals surface area contributed by atoms with Gasteiger partial charge in [0.15, 0.2) is 5.69 Å². The van der Waals surface area contributed by atoms with Gasteiger partial charge < -0.3 is 21.1 Å². The maximum Gasteiger partial charge on any atom is 0.307 e. The first kappa shape index (κ1) is 18.8. The molecular weight excluding hydrogens is 367 g/mol. The fourth-order valence-corrected chi connectivity index (χ4v) is 2.52. The fraction of sp³-hybridized carbons (Fsp3) is 0.0526. The smallest absolute Gasteiger partial charge is 0.307 e.